The van der Waals surface area contributed by atoms with Gasteiger partial charge in [-0.3, -0.25) is 4.79 Å². The summed E-state index contributed by atoms with van der Waals surface area (Å²) in [5.74, 6) is 0.589. The Balaban J connectivity index is 2.05. The summed E-state index contributed by atoms with van der Waals surface area (Å²) < 4.78 is 5.14. The molecule has 0 saturated heterocycles. The summed E-state index contributed by atoms with van der Waals surface area (Å²) in [5.41, 5.74) is 1.75. The van der Waals surface area contributed by atoms with Crippen LogP contribution in [0.1, 0.15) is 10.4 Å². The van der Waals surface area contributed by atoms with E-state index in [1.54, 1.807) is 13.2 Å². The molecule has 0 bridgehead atoms. The molecule has 0 spiro atoms. The van der Waals surface area contributed by atoms with Crippen LogP contribution < -0.4 is 10.1 Å². The highest BCUT2D eigenvalue weighted by molar-refractivity contribution is 9.12. The number of nitrogens with one attached hydrogen (secondary N) is 1. The highest BCUT2D eigenvalue weighted by Gasteiger charge is 2.25. The molecule has 2 rings (SSSR count). The highest BCUT2D eigenvalue weighted by atomic mass is 79.9. The van der Waals surface area contributed by atoms with Crippen LogP contribution in [0.4, 0.5) is 5.69 Å². The largest absolute Gasteiger partial charge is 0.497 e. The molecule has 0 saturated carbocycles. The summed E-state index contributed by atoms with van der Waals surface area (Å²) >= 11 is 7.01. The van der Waals surface area contributed by atoms with E-state index in [0.717, 1.165) is 5.56 Å². The number of hydrogen-bond acceptors (Lipinski definition) is 2. The summed E-state index contributed by atoms with van der Waals surface area (Å²) in [7, 11) is 1.60. The molecule has 21 heavy (non-hydrogen) atoms. The van der Waals surface area contributed by atoms with E-state index in [2.05, 4.69) is 37.2 Å². The van der Waals surface area contributed by atoms with E-state index in [1.807, 2.05) is 48.5 Å². The van der Waals surface area contributed by atoms with Gasteiger partial charge in [0, 0.05) is 11.8 Å². The quantitative estimate of drug-likeness (QED) is 0.732. The number of amides is 1. The number of rotatable bonds is 5. The van der Waals surface area contributed by atoms with Crippen molar-refractivity contribution in [2.24, 2.45) is 0 Å². The first kappa shape index (κ1) is 16.0. The maximum Gasteiger partial charge on any atom is 0.239 e. The van der Waals surface area contributed by atoms with Crippen LogP contribution in [0.3, 0.4) is 0 Å². The molecule has 0 radical (unpaired) electrons. The molecule has 0 aliphatic rings. The molecule has 5 heteroatoms. The fourth-order valence-electron chi connectivity index (χ4n) is 1.85. The van der Waals surface area contributed by atoms with Gasteiger partial charge in [0.2, 0.25) is 5.91 Å². The number of halogens is 2. The highest BCUT2D eigenvalue weighted by Crippen LogP contribution is 2.32. The molecule has 0 aliphatic carbocycles. The van der Waals surface area contributed by atoms with Crippen molar-refractivity contribution >= 4 is 43.5 Å². The number of hydrogen-bond donors (Lipinski definition) is 1. The second kappa shape index (κ2) is 7.61. The number of carbonyl (C=O) groups is 1. The SMILES string of the molecule is COc1cccc(NC(=O)[C@@H](Br)[C@H](Br)c2ccccc2)c1. The fraction of sp³-hybridized carbons (Fsp3) is 0.188. The molecule has 2 atom stereocenters. The molecule has 2 aromatic rings. The van der Waals surface area contributed by atoms with E-state index in [1.165, 1.54) is 0 Å². The van der Waals surface area contributed by atoms with Crippen LogP contribution in [0.15, 0.2) is 54.6 Å². The lowest BCUT2D eigenvalue weighted by atomic mass is 10.1. The predicted molar refractivity (Wildman–Crippen MR) is 92.4 cm³/mol. The summed E-state index contributed by atoms with van der Waals surface area (Å²) in [5, 5.41) is 2.87. The molecule has 3 nitrogen and oxygen atoms in total. The summed E-state index contributed by atoms with van der Waals surface area (Å²) in [6, 6.07) is 17.1. The van der Waals surface area contributed by atoms with E-state index in [4.69, 9.17) is 4.74 Å². The Morgan fingerprint density at radius 3 is 2.48 bits per heavy atom. The van der Waals surface area contributed by atoms with Gasteiger partial charge in [0.1, 0.15) is 10.6 Å². The normalized spacial score (nSPS) is 13.3. The second-order valence-electron chi connectivity index (χ2n) is 4.44. The minimum absolute atomic E-state index is 0.107. The number of benzene rings is 2. The standard InChI is InChI=1S/C16H15Br2NO2/c1-21-13-9-5-8-12(10-13)19-16(20)15(18)14(17)11-6-3-2-4-7-11/h2-10,14-15H,1H3,(H,19,20)/t14-,15+/m1/s1. The van der Waals surface area contributed by atoms with Gasteiger partial charge in [-0.2, -0.15) is 0 Å². The number of ether oxygens (including phenoxy) is 1. The van der Waals surface area contributed by atoms with E-state index in [0.29, 0.717) is 11.4 Å². The third-order valence-corrected chi connectivity index (χ3v) is 5.67. The van der Waals surface area contributed by atoms with Crippen molar-refractivity contribution in [2.75, 3.05) is 12.4 Å². The van der Waals surface area contributed by atoms with Gasteiger partial charge >= 0.3 is 0 Å². The van der Waals surface area contributed by atoms with Crippen LogP contribution in [-0.4, -0.2) is 17.8 Å². The van der Waals surface area contributed by atoms with Gasteiger partial charge in [0.15, 0.2) is 0 Å². The first-order valence-corrected chi connectivity index (χ1v) is 8.23. The number of methoxy groups -OCH3 is 1. The zero-order chi connectivity index (χ0) is 15.2. The van der Waals surface area contributed by atoms with Crippen molar-refractivity contribution < 1.29 is 9.53 Å². The first-order valence-electron chi connectivity index (χ1n) is 6.40. The van der Waals surface area contributed by atoms with Gasteiger partial charge < -0.3 is 10.1 Å². The Morgan fingerprint density at radius 2 is 1.81 bits per heavy atom. The maximum atomic E-state index is 12.3. The van der Waals surface area contributed by atoms with Crippen LogP contribution in [-0.2, 0) is 4.79 Å². The first-order chi connectivity index (χ1) is 10.1. The van der Waals surface area contributed by atoms with Gasteiger partial charge in [-0.25, -0.2) is 0 Å². The van der Waals surface area contributed by atoms with Crippen molar-refractivity contribution in [1.29, 1.82) is 0 Å². The molecule has 0 unspecified atom stereocenters. The number of carbonyl (C=O) groups excluding carboxylic acids is 1. The monoisotopic (exact) mass is 411 g/mol. The van der Waals surface area contributed by atoms with Crippen LogP contribution in [0.25, 0.3) is 0 Å². The van der Waals surface area contributed by atoms with Gasteiger partial charge in [-0.05, 0) is 17.7 Å². The van der Waals surface area contributed by atoms with Gasteiger partial charge in [0.25, 0.3) is 0 Å². The average Bonchev–Trinajstić information content (AvgIpc) is 2.54. The van der Waals surface area contributed by atoms with Crippen molar-refractivity contribution in [1.82, 2.24) is 0 Å². The van der Waals surface area contributed by atoms with Crippen molar-refractivity contribution in [2.45, 2.75) is 9.65 Å². The molecular formula is C16H15Br2NO2. The topological polar surface area (TPSA) is 38.3 Å². The van der Waals surface area contributed by atoms with E-state index in [-0.39, 0.29) is 15.6 Å². The average molecular weight is 413 g/mol. The molecule has 1 amide bonds. The maximum absolute atomic E-state index is 12.3. The lowest BCUT2D eigenvalue weighted by Crippen LogP contribution is -2.26. The summed E-state index contributed by atoms with van der Waals surface area (Å²) in [4.78, 5) is 11.8. The van der Waals surface area contributed by atoms with E-state index < -0.39 is 0 Å². The number of alkyl halides is 2. The van der Waals surface area contributed by atoms with Crippen molar-refractivity contribution in [3.05, 3.63) is 60.2 Å². The van der Waals surface area contributed by atoms with E-state index >= 15 is 0 Å². The molecule has 2 aromatic carbocycles. The Kier molecular flexibility index (Phi) is 5.82. The zero-order valence-corrected chi connectivity index (χ0v) is 14.6. The zero-order valence-electron chi connectivity index (χ0n) is 11.4. The predicted octanol–water partition coefficient (Wildman–Crippen LogP) is 4.53. The Hall–Kier alpha value is -1.33. The Bertz CT molecular complexity index is 604. The molecule has 110 valence electrons. The molecule has 0 aliphatic heterocycles. The fourth-order valence-corrected chi connectivity index (χ4v) is 2.82. The molecule has 0 aromatic heterocycles. The lowest BCUT2D eigenvalue weighted by Gasteiger charge is -2.17. The van der Waals surface area contributed by atoms with Gasteiger partial charge in [-0.15, -0.1) is 0 Å². The van der Waals surface area contributed by atoms with Crippen LogP contribution >= 0.6 is 31.9 Å². The minimum Gasteiger partial charge on any atom is -0.497 e. The van der Waals surface area contributed by atoms with Crippen LogP contribution in [0.2, 0.25) is 0 Å². The molecular weight excluding hydrogens is 398 g/mol. The smallest absolute Gasteiger partial charge is 0.239 e. The lowest BCUT2D eigenvalue weighted by molar-refractivity contribution is -0.115. The van der Waals surface area contributed by atoms with Gasteiger partial charge in [0.05, 0.1) is 11.9 Å². The van der Waals surface area contributed by atoms with Crippen LogP contribution in [0, 0.1) is 0 Å². The van der Waals surface area contributed by atoms with Crippen LogP contribution in [0.5, 0.6) is 5.75 Å². The third-order valence-electron chi connectivity index (χ3n) is 2.96. The molecule has 0 fully saturated rings. The molecule has 1 N–H and O–H groups in total. The summed E-state index contributed by atoms with van der Waals surface area (Å²) in [6.07, 6.45) is 0. The summed E-state index contributed by atoms with van der Waals surface area (Å²) in [6.45, 7) is 0. The van der Waals surface area contributed by atoms with Crippen molar-refractivity contribution in [3.8, 4) is 5.75 Å². The van der Waals surface area contributed by atoms with Crippen molar-refractivity contribution in [3.63, 3.8) is 0 Å². The second-order valence-corrected chi connectivity index (χ2v) is 6.41. The van der Waals surface area contributed by atoms with E-state index in [9.17, 15) is 4.79 Å². The number of anilines is 1. The Labute approximate surface area is 141 Å². The molecule has 0 heterocycles. The van der Waals surface area contributed by atoms with Gasteiger partial charge in [-0.1, -0.05) is 68.3 Å². The third kappa shape index (κ3) is 4.32. The Morgan fingerprint density at radius 1 is 1.10 bits per heavy atom. The minimum atomic E-state index is -0.383.